The number of rotatable bonds is 2. The zero-order valence-corrected chi connectivity index (χ0v) is 8.73. The third kappa shape index (κ3) is 1.95. The predicted molar refractivity (Wildman–Crippen MR) is 55.1 cm³/mol. The summed E-state index contributed by atoms with van der Waals surface area (Å²) in [5.74, 6) is 0. The van der Waals surface area contributed by atoms with Crippen molar-refractivity contribution in [3.63, 3.8) is 0 Å². The second-order valence-electron chi connectivity index (χ2n) is 4.64. The van der Waals surface area contributed by atoms with Crippen LogP contribution in [0.5, 0.6) is 0 Å². The Balaban J connectivity index is 1.99. The third-order valence-corrected chi connectivity index (χ3v) is 3.75. The Morgan fingerprint density at radius 3 is 2.57 bits per heavy atom. The van der Waals surface area contributed by atoms with Crippen molar-refractivity contribution < 1.29 is 10.2 Å². The molecule has 0 spiro atoms. The van der Waals surface area contributed by atoms with Crippen LogP contribution in [0.1, 0.15) is 38.5 Å². The van der Waals surface area contributed by atoms with Crippen LogP contribution in [-0.2, 0) is 0 Å². The van der Waals surface area contributed by atoms with E-state index in [1.54, 1.807) is 0 Å². The van der Waals surface area contributed by atoms with Crippen LogP contribution in [0, 0.1) is 0 Å². The normalized spacial score (nSPS) is 40.3. The molecule has 0 radical (unpaired) electrons. The fraction of sp³-hybridized carbons (Fsp3) is 1.00. The number of likely N-dealkylation sites (tertiary alicyclic amines) is 1. The smallest absolute Gasteiger partial charge is 0.0695 e. The van der Waals surface area contributed by atoms with E-state index in [-0.39, 0.29) is 12.7 Å². The highest BCUT2D eigenvalue weighted by atomic mass is 16.3. The molecule has 0 aromatic rings. The van der Waals surface area contributed by atoms with Gasteiger partial charge in [0, 0.05) is 12.1 Å². The lowest BCUT2D eigenvalue weighted by molar-refractivity contribution is 0.00499. The number of nitrogens with zero attached hydrogens (tertiary/aromatic N) is 1. The van der Waals surface area contributed by atoms with Crippen molar-refractivity contribution in [2.45, 2.75) is 56.7 Å². The molecule has 0 amide bonds. The maximum atomic E-state index is 9.83. The first kappa shape index (κ1) is 10.4. The van der Waals surface area contributed by atoms with E-state index in [4.69, 9.17) is 0 Å². The van der Waals surface area contributed by atoms with Crippen LogP contribution in [-0.4, -0.2) is 46.5 Å². The highest BCUT2D eigenvalue weighted by molar-refractivity contribution is 4.90. The summed E-state index contributed by atoms with van der Waals surface area (Å²) in [5, 5.41) is 19.1. The molecule has 1 aliphatic carbocycles. The van der Waals surface area contributed by atoms with Gasteiger partial charge in [0.1, 0.15) is 0 Å². The first-order valence-corrected chi connectivity index (χ1v) is 5.87. The molecule has 0 bridgehead atoms. The summed E-state index contributed by atoms with van der Waals surface area (Å²) >= 11 is 0. The Morgan fingerprint density at radius 1 is 1.07 bits per heavy atom. The van der Waals surface area contributed by atoms with Crippen LogP contribution in [0.3, 0.4) is 0 Å². The minimum Gasteiger partial charge on any atom is -0.395 e. The topological polar surface area (TPSA) is 43.7 Å². The van der Waals surface area contributed by atoms with Gasteiger partial charge in [-0.1, -0.05) is 6.42 Å². The molecule has 0 aromatic heterocycles. The summed E-state index contributed by atoms with van der Waals surface area (Å²) < 4.78 is 0. The molecule has 1 unspecified atom stereocenters. The lowest BCUT2D eigenvalue weighted by Gasteiger charge is -2.40. The van der Waals surface area contributed by atoms with Gasteiger partial charge >= 0.3 is 0 Å². The minimum absolute atomic E-state index is 0.151. The van der Waals surface area contributed by atoms with Gasteiger partial charge in [0.15, 0.2) is 0 Å². The van der Waals surface area contributed by atoms with E-state index in [1.807, 2.05) is 0 Å². The number of hydrogen-bond donors (Lipinski definition) is 2. The van der Waals surface area contributed by atoms with Gasteiger partial charge in [-0.2, -0.15) is 0 Å². The summed E-state index contributed by atoms with van der Waals surface area (Å²) in [7, 11) is 0. The van der Waals surface area contributed by atoms with Gasteiger partial charge < -0.3 is 10.2 Å². The van der Waals surface area contributed by atoms with Gasteiger partial charge in [-0.15, -0.1) is 0 Å². The van der Waals surface area contributed by atoms with Crippen LogP contribution in [0.2, 0.25) is 0 Å². The number of hydrogen-bond acceptors (Lipinski definition) is 3. The van der Waals surface area contributed by atoms with E-state index in [9.17, 15) is 10.2 Å². The van der Waals surface area contributed by atoms with Gasteiger partial charge in [0.25, 0.3) is 0 Å². The molecular weight excluding hydrogens is 178 g/mol. The molecule has 2 aliphatic rings. The van der Waals surface area contributed by atoms with Crippen LogP contribution < -0.4 is 0 Å². The standard InChI is InChI=1S/C11H21NO2/c13-8-9-4-1-2-7-12(9)10-5-3-6-11(10)14/h9-11,13-14H,1-8H2/t9?,10-,11-/m1/s1. The van der Waals surface area contributed by atoms with Gasteiger partial charge in [-0.25, -0.2) is 0 Å². The molecule has 1 aliphatic heterocycles. The van der Waals surface area contributed by atoms with Crippen molar-refractivity contribution in [1.29, 1.82) is 0 Å². The highest BCUT2D eigenvalue weighted by Crippen LogP contribution is 2.29. The SMILES string of the molecule is OCC1CCCCN1[C@@H]1CCC[C@H]1O. The summed E-state index contributed by atoms with van der Waals surface area (Å²) in [5.41, 5.74) is 0. The molecule has 3 atom stereocenters. The van der Waals surface area contributed by atoms with Crippen molar-refractivity contribution in [1.82, 2.24) is 4.90 Å². The van der Waals surface area contributed by atoms with Crippen molar-refractivity contribution in [3.8, 4) is 0 Å². The summed E-state index contributed by atoms with van der Waals surface area (Å²) in [6.45, 7) is 1.32. The van der Waals surface area contributed by atoms with Crippen LogP contribution in [0.4, 0.5) is 0 Å². The van der Waals surface area contributed by atoms with Gasteiger partial charge in [0.05, 0.1) is 12.7 Å². The van der Waals surface area contributed by atoms with E-state index in [0.29, 0.717) is 12.1 Å². The van der Waals surface area contributed by atoms with Crippen molar-refractivity contribution in [2.75, 3.05) is 13.2 Å². The van der Waals surface area contributed by atoms with Crippen LogP contribution in [0.25, 0.3) is 0 Å². The Hall–Kier alpha value is -0.120. The zero-order chi connectivity index (χ0) is 9.97. The molecule has 1 saturated heterocycles. The minimum atomic E-state index is -0.151. The Labute approximate surface area is 85.7 Å². The maximum absolute atomic E-state index is 9.83. The molecular formula is C11H21NO2. The van der Waals surface area contributed by atoms with Gasteiger partial charge in [0.2, 0.25) is 0 Å². The molecule has 3 heteroatoms. The Morgan fingerprint density at radius 2 is 1.93 bits per heavy atom. The molecule has 2 fully saturated rings. The molecule has 0 aromatic carbocycles. The second-order valence-corrected chi connectivity index (χ2v) is 4.64. The maximum Gasteiger partial charge on any atom is 0.0695 e. The molecule has 2 rings (SSSR count). The van der Waals surface area contributed by atoms with E-state index >= 15 is 0 Å². The Bertz CT molecular complexity index is 186. The average Bonchev–Trinajstić information content (AvgIpc) is 2.64. The molecule has 2 N–H and O–H groups in total. The van der Waals surface area contributed by atoms with Crippen molar-refractivity contribution >= 4 is 0 Å². The summed E-state index contributed by atoms with van der Waals surface area (Å²) in [6.07, 6.45) is 6.59. The summed E-state index contributed by atoms with van der Waals surface area (Å²) in [6, 6.07) is 0.633. The Kier molecular flexibility index (Phi) is 3.42. The fourth-order valence-corrected chi connectivity index (χ4v) is 2.96. The largest absolute Gasteiger partial charge is 0.395 e. The summed E-state index contributed by atoms with van der Waals surface area (Å²) in [4.78, 5) is 2.35. The van der Waals surface area contributed by atoms with E-state index in [0.717, 1.165) is 32.2 Å². The highest BCUT2D eigenvalue weighted by Gasteiger charge is 2.35. The molecule has 1 heterocycles. The fourth-order valence-electron chi connectivity index (χ4n) is 2.96. The van der Waals surface area contributed by atoms with Crippen molar-refractivity contribution in [3.05, 3.63) is 0 Å². The first-order chi connectivity index (χ1) is 6.83. The van der Waals surface area contributed by atoms with Gasteiger partial charge in [-0.3, -0.25) is 4.90 Å². The lowest BCUT2D eigenvalue weighted by atomic mass is 9.99. The first-order valence-electron chi connectivity index (χ1n) is 5.87. The average molecular weight is 199 g/mol. The number of piperidine rings is 1. The quantitative estimate of drug-likeness (QED) is 0.689. The second kappa shape index (κ2) is 4.60. The van der Waals surface area contributed by atoms with Crippen molar-refractivity contribution in [2.24, 2.45) is 0 Å². The molecule has 3 nitrogen and oxygen atoms in total. The van der Waals surface area contributed by atoms with Gasteiger partial charge in [-0.05, 0) is 38.6 Å². The number of aliphatic hydroxyl groups excluding tert-OH is 2. The molecule has 14 heavy (non-hydrogen) atoms. The van der Waals surface area contributed by atoms with Crippen LogP contribution in [0.15, 0.2) is 0 Å². The monoisotopic (exact) mass is 199 g/mol. The lowest BCUT2D eigenvalue weighted by Crippen LogP contribution is -2.50. The third-order valence-electron chi connectivity index (χ3n) is 3.75. The van der Waals surface area contributed by atoms with E-state index in [1.165, 1.54) is 12.8 Å². The zero-order valence-electron chi connectivity index (χ0n) is 8.73. The van der Waals surface area contributed by atoms with Crippen LogP contribution >= 0.6 is 0 Å². The van der Waals surface area contributed by atoms with E-state index in [2.05, 4.69) is 4.90 Å². The predicted octanol–water partition coefficient (Wildman–Crippen LogP) is 0.747. The van der Waals surface area contributed by atoms with E-state index < -0.39 is 0 Å². The number of aliphatic hydroxyl groups is 2. The molecule has 82 valence electrons. The molecule has 1 saturated carbocycles.